The molecule has 1 aliphatic heterocycles. The minimum absolute atomic E-state index is 0.0892. The van der Waals surface area contributed by atoms with Gasteiger partial charge in [0, 0.05) is 44.3 Å². The van der Waals surface area contributed by atoms with Crippen molar-refractivity contribution in [2.24, 2.45) is 0 Å². The van der Waals surface area contributed by atoms with Crippen LogP contribution < -0.4 is 14.9 Å². The molecule has 1 aliphatic carbocycles. The van der Waals surface area contributed by atoms with Gasteiger partial charge in [0.05, 0.1) is 5.69 Å². The van der Waals surface area contributed by atoms with Gasteiger partial charge in [0.25, 0.3) is 0 Å². The summed E-state index contributed by atoms with van der Waals surface area (Å²) >= 11 is 0. The number of anilines is 2. The van der Waals surface area contributed by atoms with Gasteiger partial charge in [0.2, 0.25) is 15.9 Å². The van der Waals surface area contributed by atoms with Gasteiger partial charge in [0.15, 0.2) is 0 Å². The Morgan fingerprint density at radius 1 is 1.06 bits per heavy atom. The molecule has 2 aromatic carbocycles. The van der Waals surface area contributed by atoms with E-state index in [1.54, 1.807) is 6.07 Å². The molecule has 1 saturated heterocycles. The first-order valence-corrected chi connectivity index (χ1v) is 14.4. The number of sulfonamides is 1. The predicted octanol–water partition coefficient (Wildman–Crippen LogP) is 4.31. The van der Waals surface area contributed by atoms with Crippen molar-refractivity contribution < 1.29 is 13.2 Å². The fraction of sp³-hybridized carbons (Fsp3) is 0.519. The Morgan fingerprint density at radius 2 is 1.83 bits per heavy atom. The van der Waals surface area contributed by atoms with Crippen molar-refractivity contribution in [3.05, 3.63) is 53.6 Å². The van der Waals surface area contributed by atoms with Crippen molar-refractivity contribution in [3.8, 4) is 0 Å². The zero-order chi connectivity index (χ0) is 24.8. The van der Waals surface area contributed by atoms with E-state index in [0.29, 0.717) is 17.8 Å². The van der Waals surface area contributed by atoms with E-state index in [-0.39, 0.29) is 16.8 Å². The van der Waals surface area contributed by atoms with Gasteiger partial charge in [-0.1, -0.05) is 44.5 Å². The van der Waals surface area contributed by atoms with Crippen molar-refractivity contribution in [2.45, 2.75) is 63.3 Å². The smallest absolute Gasteiger partial charge is 0.243 e. The van der Waals surface area contributed by atoms with Crippen LogP contribution in [0.4, 0.5) is 11.4 Å². The summed E-state index contributed by atoms with van der Waals surface area (Å²) in [7, 11) is -3.83. The number of likely N-dealkylation sites (N-methyl/N-ethyl adjacent to an activating group) is 1. The summed E-state index contributed by atoms with van der Waals surface area (Å²) in [4.78, 5) is 17.1. The van der Waals surface area contributed by atoms with Gasteiger partial charge in [-0.3, -0.25) is 4.79 Å². The van der Waals surface area contributed by atoms with Crippen LogP contribution in [0.5, 0.6) is 0 Å². The van der Waals surface area contributed by atoms with E-state index in [9.17, 15) is 13.2 Å². The summed E-state index contributed by atoms with van der Waals surface area (Å²) in [6.07, 6.45) is 4.86. The maximum absolute atomic E-state index is 13.8. The van der Waals surface area contributed by atoms with Gasteiger partial charge in [-0.05, 0) is 61.6 Å². The Balaban J connectivity index is 1.64. The maximum atomic E-state index is 13.8. The van der Waals surface area contributed by atoms with Gasteiger partial charge >= 0.3 is 0 Å². The molecule has 0 saturated carbocycles. The monoisotopic (exact) mass is 498 g/mol. The molecule has 190 valence electrons. The molecular formula is C27H38N4O3S. The normalized spacial score (nSPS) is 18.8. The van der Waals surface area contributed by atoms with Gasteiger partial charge in [-0.15, -0.1) is 0 Å². The molecule has 2 aromatic rings. The highest BCUT2D eigenvalue weighted by molar-refractivity contribution is 7.89. The Morgan fingerprint density at radius 3 is 2.57 bits per heavy atom. The number of rotatable bonds is 9. The number of hydrogen-bond donors (Lipinski definition) is 2. The standard InChI is InChI=1S/C27H38N4O3S/c1-3-5-13-27(32)28-22-14-15-25(31-18-16-30(4-2)17-19-31)26(20-22)35(33,34)29-24-12-8-10-21-9-6-7-11-23(21)24/h6-7,9,11,14-15,20,24,29H,3-5,8,10,12-13,16-19H2,1-2H3,(H,28,32)/t24-/m0/s1. The van der Waals surface area contributed by atoms with Gasteiger partial charge in [-0.25, -0.2) is 13.1 Å². The number of unbranched alkanes of at least 4 members (excludes halogenated alkanes) is 1. The molecule has 4 rings (SSSR count). The maximum Gasteiger partial charge on any atom is 0.243 e. The molecule has 7 nitrogen and oxygen atoms in total. The number of fused-ring (bicyclic) bond motifs is 1. The van der Waals surface area contributed by atoms with E-state index in [4.69, 9.17) is 0 Å². The molecule has 8 heteroatoms. The predicted molar refractivity (Wildman–Crippen MR) is 141 cm³/mol. The van der Waals surface area contributed by atoms with Crippen molar-refractivity contribution in [1.82, 2.24) is 9.62 Å². The summed E-state index contributed by atoms with van der Waals surface area (Å²) in [5.41, 5.74) is 3.49. The minimum atomic E-state index is -3.83. The molecule has 0 unspecified atom stereocenters. The van der Waals surface area contributed by atoms with Gasteiger partial charge in [0.1, 0.15) is 4.90 Å². The molecule has 0 radical (unpaired) electrons. The van der Waals surface area contributed by atoms with E-state index in [1.807, 2.05) is 37.3 Å². The van der Waals surface area contributed by atoms with Crippen LogP contribution >= 0.6 is 0 Å². The Kier molecular flexibility index (Phi) is 8.46. The van der Waals surface area contributed by atoms with Crippen molar-refractivity contribution in [2.75, 3.05) is 42.9 Å². The lowest BCUT2D eigenvalue weighted by Gasteiger charge is -2.36. The van der Waals surface area contributed by atoms with Crippen molar-refractivity contribution in [1.29, 1.82) is 0 Å². The zero-order valence-electron chi connectivity index (χ0n) is 20.9. The molecule has 1 atom stereocenters. The first-order chi connectivity index (χ1) is 16.9. The summed E-state index contributed by atoms with van der Waals surface area (Å²) in [5.74, 6) is -0.0892. The topological polar surface area (TPSA) is 81.8 Å². The lowest BCUT2D eigenvalue weighted by molar-refractivity contribution is -0.116. The van der Waals surface area contributed by atoms with E-state index < -0.39 is 10.0 Å². The fourth-order valence-electron chi connectivity index (χ4n) is 5.06. The lowest BCUT2D eigenvalue weighted by Crippen LogP contribution is -2.46. The van der Waals surface area contributed by atoms with Gasteiger partial charge < -0.3 is 15.1 Å². The molecule has 2 aliphatic rings. The Hall–Kier alpha value is -2.42. The van der Waals surface area contributed by atoms with Crippen LogP contribution in [-0.4, -0.2) is 51.9 Å². The molecule has 0 bridgehead atoms. The van der Waals surface area contributed by atoms with Crippen molar-refractivity contribution in [3.63, 3.8) is 0 Å². The molecule has 0 aromatic heterocycles. The highest BCUT2D eigenvalue weighted by Crippen LogP contribution is 2.34. The summed E-state index contributed by atoms with van der Waals surface area (Å²) in [6, 6.07) is 13.1. The molecule has 0 spiro atoms. The number of hydrogen-bond acceptors (Lipinski definition) is 5. The molecule has 1 heterocycles. The second-order valence-electron chi connectivity index (χ2n) is 9.52. The number of benzene rings is 2. The van der Waals surface area contributed by atoms with Crippen LogP contribution in [-0.2, 0) is 21.2 Å². The number of nitrogens with one attached hydrogen (secondary N) is 2. The second kappa shape index (κ2) is 11.5. The third-order valence-corrected chi connectivity index (χ3v) is 8.62. The molecule has 35 heavy (non-hydrogen) atoms. The highest BCUT2D eigenvalue weighted by Gasteiger charge is 2.30. The molecule has 2 N–H and O–H groups in total. The number of carbonyl (C=O) groups excluding carboxylic acids is 1. The fourth-order valence-corrected chi connectivity index (χ4v) is 6.56. The van der Waals surface area contributed by atoms with E-state index in [2.05, 4.69) is 32.8 Å². The third kappa shape index (κ3) is 6.23. The Bertz CT molecular complexity index is 1130. The largest absolute Gasteiger partial charge is 0.368 e. The number of piperazine rings is 1. The van der Waals surface area contributed by atoms with Crippen LogP contribution in [0.2, 0.25) is 0 Å². The van der Waals surface area contributed by atoms with Crippen molar-refractivity contribution >= 4 is 27.3 Å². The molecule has 1 fully saturated rings. The zero-order valence-corrected chi connectivity index (χ0v) is 21.7. The highest BCUT2D eigenvalue weighted by atomic mass is 32.2. The lowest BCUT2D eigenvalue weighted by atomic mass is 9.88. The van der Waals surface area contributed by atoms with Crippen LogP contribution in [0.1, 0.15) is 63.1 Å². The quantitative estimate of drug-likeness (QED) is 0.538. The number of aryl methyl sites for hydroxylation is 1. The number of nitrogens with zero attached hydrogens (tertiary/aromatic N) is 2. The third-order valence-electron chi connectivity index (χ3n) is 7.12. The minimum Gasteiger partial charge on any atom is -0.368 e. The number of amides is 1. The van der Waals surface area contributed by atoms with Crippen LogP contribution in [0.15, 0.2) is 47.4 Å². The number of carbonyl (C=O) groups is 1. The summed E-state index contributed by atoms with van der Waals surface area (Å²) in [6.45, 7) is 8.51. The molecule has 1 amide bonds. The summed E-state index contributed by atoms with van der Waals surface area (Å²) < 4.78 is 30.7. The van der Waals surface area contributed by atoms with E-state index in [0.717, 1.165) is 70.4 Å². The first kappa shape index (κ1) is 25.7. The van der Waals surface area contributed by atoms with Gasteiger partial charge in [-0.2, -0.15) is 0 Å². The van der Waals surface area contributed by atoms with E-state index >= 15 is 0 Å². The summed E-state index contributed by atoms with van der Waals surface area (Å²) in [5, 5.41) is 2.90. The van der Waals surface area contributed by atoms with Crippen LogP contribution in [0, 0.1) is 0 Å². The van der Waals surface area contributed by atoms with Crippen LogP contribution in [0.3, 0.4) is 0 Å². The van der Waals surface area contributed by atoms with Crippen LogP contribution in [0.25, 0.3) is 0 Å². The second-order valence-corrected chi connectivity index (χ2v) is 11.2. The average Bonchev–Trinajstić information content (AvgIpc) is 2.87. The Labute approximate surface area is 209 Å². The van der Waals surface area contributed by atoms with E-state index in [1.165, 1.54) is 5.56 Å². The SMILES string of the molecule is CCCCC(=O)Nc1ccc(N2CCN(CC)CC2)c(S(=O)(=O)N[C@H]2CCCc3ccccc32)c1. The average molecular weight is 499 g/mol. The first-order valence-electron chi connectivity index (χ1n) is 12.9. The molecular weight excluding hydrogens is 460 g/mol.